The van der Waals surface area contributed by atoms with Crippen LogP contribution in [-0.2, 0) is 28.5 Å². The zero-order valence-corrected chi connectivity index (χ0v) is 43.5. The predicted octanol–water partition coefficient (Wildman–Crippen LogP) is 3.87. The number of carbonyl (C=O) groups excluding carboxylic acids is 2. The van der Waals surface area contributed by atoms with Gasteiger partial charge in [0.15, 0.2) is 11.3 Å². The van der Waals surface area contributed by atoms with Crippen LogP contribution in [-0.4, -0.2) is 178 Å². The Balaban J connectivity index is 0.000000179. The van der Waals surface area contributed by atoms with Crippen LogP contribution in [0.15, 0.2) is 60.9 Å². The Morgan fingerprint density at radius 2 is 0.986 bits per heavy atom. The molecule has 27 heteroatoms. The molecule has 2 aromatic carbocycles. The van der Waals surface area contributed by atoms with Crippen molar-refractivity contribution in [3.63, 3.8) is 0 Å². The molecule has 0 radical (unpaired) electrons. The smallest absolute Gasteiger partial charge is 0.318 e. The molecule has 4 aliphatic rings. The van der Waals surface area contributed by atoms with E-state index in [1.54, 1.807) is 20.3 Å². The third kappa shape index (κ3) is 13.7. The number of ether oxygens (including phenoxy) is 2. The summed E-state index contributed by atoms with van der Waals surface area (Å²) in [6.45, 7) is 8.37. The van der Waals surface area contributed by atoms with Crippen LogP contribution >= 0.6 is 10.7 Å². The lowest BCUT2D eigenvalue weighted by Crippen LogP contribution is -2.38. The third-order valence-electron chi connectivity index (χ3n) is 12.7. The fourth-order valence-corrected chi connectivity index (χ4v) is 9.77. The number of sulfonamides is 1. The van der Waals surface area contributed by atoms with Crippen molar-refractivity contribution >= 4 is 87.2 Å². The monoisotopic (exact) mass is 1060 g/mol. The number of piperidine rings is 2. The van der Waals surface area contributed by atoms with E-state index in [4.69, 9.17) is 34.5 Å². The van der Waals surface area contributed by atoms with Crippen molar-refractivity contribution in [3.05, 3.63) is 60.9 Å². The first kappa shape index (κ1) is 53.0. The molecule has 4 aromatic heterocycles. The molecule has 10 rings (SSSR count). The molecule has 6 aromatic rings. The molecular weight excluding hydrogens is 1000 g/mol. The summed E-state index contributed by atoms with van der Waals surface area (Å²) in [5, 5.41) is 25.3. The number of urea groups is 2. The molecule has 8 heterocycles. The van der Waals surface area contributed by atoms with Crippen LogP contribution in [0.4, 0.5) is 32.9 Å². The molecule has 5 N–H and O–H groups in total. The van der Waals surface area contributed by atoms with Crippen molar-refractivity contribution in [1.82, 2.24) is 59.8 Å². The molecule has 0 aliphatic carbocycles. The van der Waals surface area contributed by atoms with E-state index < -0.39 is 19.1 Å². The third-order valence-corrected chi connectivity index (χ3v) is 14.0. The van der Waals surface area contributed by atoms with Gasteiger partial charge in [-0.2, -0.15) is 20.2 Å². The molecular formula is C46H61ClN16O8S2. The van der Waals surface area contributed by atoms with E-state index in [0.717, 1.165) is 95.5 Å². The second kappa shape index (κ2) is 23.7. The number of hydrogen-bond donors (Lipinski definition) is 5. The summed E-state index contributed by atoms with van der Waals surface area (Å²) in [6, 6.07) is 15.0. The van der Waals surface area contributed by atoms with Crippen molar-refractivity contribution in [2.45, 2.75) is 37.8 Å². The van der Waals surface area contributed by atoms with Crippen molar-refractivity contribution in [1.29, 1.82) is 0 Å². The number of morpholine rings is 2. The van der Waals surface area contributed by atoms with Crippen LogP contribution in [0.3, 0.4) is 0 Å². The van der Waals surface area contributed by atoms with E-state index in [-0.39, 0.29) is 18.1 Å². The van der Waals surface area contributed by atoms with Crippen molar-refractivity contribution in [3.8, 4) is 22.5 Å². The maximum Gasteiger partial charge on any atom is 0.318 e. The number of halogens is 1. The number of anilines is 4. The van der Waals surface area contributed by atoms with Gasteiger partial charge in [0, 0.05) is 86.5 Å². The van der Waals surface area contributed by atoms with Gasteiger partial charge in [0.25, 0.3) is 0 Å². The van der Waals surface area contributed by atoms with Gasteiger partial charge in [0.05, 0.1) is 85.6 Å². The fraction of sp³-hybridized carbons (Fsp3) is 0.478. The van der Waals surface area contributed by atoms with Crippen LogP contribution in [0, 0.1) is 0 Å². The Kier molecular flexibility index (Phi) is 17.2. The van der Waals surface area contributed by atoms with Gasteiger partial charge >= 0.3 is 12.1 Å². The zero-order valence-electron chi connectivity index (χ0n) is 41.1. The lowest BCUT2D eigenvalue weighted by Gasteiger charge is -2.30. The molecule has 392 valence electrons. The van der Waals surface area contributed by atoms with E-state index in [9.17, 15) is 26.4 Å². The Morgan fingerprint density at radius 1 is 0.603 bits per heavy atom. The van der Waals surface area contributed by atoms with Crippen molar-refractivity contribution in [2.75, 3.05) is 126 Å². The van der Waals surface area contributed by atoms with E-state index in [1.165, 1.54) is 10.6 Å². The topological polar surface area (TPSA) is 278 Å². The van der Waals surface area contributed by atoms with Gasteiger partial charge in [0.1, 0.15) is 0 Å². The van der Waals surface area contributed by atoms with E-state index in [2.05, 4.69) is 56.8 Å². The molecule has 4 amide bonds. The van der Waals surface area contributed by atoms with Gasteiger partial charge < -0.3 is 45.9 Å². The van der Waals surface area contributed by atoms with Crippen molar-refractivity contribution in [2.24, 2.45) is 0 Å². The molecule has 24 nitrogen and oxygen atoms in total. The summed E-state index contributed by atoms with van der Waals surface area (Å²) in [5.41, 5.74) is 6.44. The quantitative estimate of drug-likeness (QED) is 0.129. The number of hydrogen-bond acceptors (Lipinski definition) is 17. The van der Waals surface area contributed by atoms with Gasteiger partial charge in [0.2, 0.25) is 31.0 Å². The molecule has 0 atom stereocenters. The van der Waals surface area contributed by atoms with Crippen LogP contribution in [0.5, 0.6) is 0 Å². The second-order valence-electron chi connectivity index (χ2n) is 17.7. The lowest BCUT2D eigenvalue weighted by atomic mass is 10.1. The molecule has 0 bridgehead atoms. The molecule has 0 unspecified atom stereocenters. The molecule has 73 heavy (non-hydrogen) atoms. The molecule has 0 saturated carbocycles. The number of carbonyl (C=O) groups is 2. The van der Waals surface area contributed by atoms with E-state index in [1.807, 2.05) is 59.4 Å². The minimum Gasteiger partial charge on any atom is -0.378 e. The number of nitrogens with one attached hydrogen (secondary N) is 5. The number of fused-ring (bicyclic) bond motifs is 2. The summed E-state index contributed by atoms with van der Waals surface area (Å²) < 4.78 is 59.2. The molecule has 4 saturated heterocycles. The first-order chi connectivity index (χ1) is 35.1. The summed E-state index contributed by atoms with van der Waals surface area (Å²) in [6.07, 6.45) is 9.23. The highest BCUT2D eigenvalue weighted by atomic mass is 35.7. The number of amides is 4. The Hall–Kier alpha value is -6.29. The lowest BCUT2D eigenvalue weighted by molar-refractivity contribution is 0.122. The maximum absolute atomic E-state index is 12.0. The van der Waals surface area contributed by atoms with Crippen LogP contribution in [0.25, 0.3) is 44.6 Å². The summed E-state index contributed by atoms with van der Waals surface area (Å²) in [4.78, 5) is 47.3. The van der Waals surface area contributed by atoms with Crippen LogP contribution < -0.4 is 36.4 Å². The molecule has 4 aliphatic heterocycles. The van der Waals surface area contributed by atoms with Gasteiger partial charge in [-0.25, -0.2) is 50.1 Å². The Morgan fingerprint density at radius 3 is 1.36 bits per heavy atom. The van der Waals surface area contributed by atoms with Crippen LogP contribution in [0.1, 0.15) is 37.8 Å². The Bertz CT molecular complexity index is 3070. The fourth-order valence-electron chi connectivity index (χ4n) is 8.89. The first-order valence-corrected chi connectivity index (χ1v) is 28.5. The zero-order chi connectivity index (χ0) is 51.7. The first-order valence-electron chi connectivity index (χ1n) is 24.0. The number of aromatic nitrogens is 8. The second-order valence-corrected chi connectivity index (χ2v) is 22.7. The van der Waals surface area contributed by atoms with Gasteiger partial charge in [-0.3, -0.25) is 0 Å². The highest BCUT2D eigenvalue weighted by Gasteiger charge is 2.29. The minimum atomic E-state index is -3.21. The normalized spacial score (nSPS) is 17.3. The highest BCUT2D eigenvalue weighted by Crippen LogP contribution is 2.35. The standard InChI is InChI=1S/C23H30N8O4S.C22H28N8O2.CH3ClO2S/c1-24-23(32)26-17-5-3-16(4-6-17)20-19-15-25-31(18-7-9-30(10-8-18)36(2,33)34)21(19)28-22(27-20)29-11-13-35-14-12-29;1-23-22(31)26-16-4-2-15(3-5-16)19-18-14-25-30(17-6-8-24-9-7-17)20(18)28-21(27-19)29-10-12-32-13-11-29;1-5(2,3)4/h3-6,15,18H,7-14H2,1-2H3,(H2,24,26,32);2-5,14,17,24H,6-13H2,1H3,(H2,23,26,31);1H3. The maximum atomic E-state index is 12.0. The summed E-state index contributed by atoms with van der Waals surface area (Å²) in [5.74, 6) is 1.32. The van der Waals surface area contributed by atoms with E-state index in [0.29, 0.717) is 89.1 Å². The Labute approximate surface area is 428 Å². The van der Waals surface area contributed by atoms with E-state index >= 15 is 0 Å². The number of benzene rings is 2. The van der Waals surface area contributed by atoms with Crippen molar-refractivity contribution < 1.29 is 35.9 Å². The molecule has 4 fully saturated rings. The number of nitrogens with zero attached hydrogens (tertiary/aromatic N) is 11. The SMILES string of the molecule is CNC(=O)Nc1ccc(-c2nc(N3CCOCC3)nc3c2cnn3C2CCN(S(C)(=O)=O)CC2)cc1.CNC(=O)Nc1ccc(-c2nc(N3CCOCC3)nc3c2cnn3C2CCNCC2)cc1.CS(=O)(=O)Cl. The molecule has 0 spiro atoms. The summed E-state index contributed by atoms with van der Waals surface area (Å²) in [7, 11) is 1.26. The largest absolute Gasteiger partial charge is 0.378 e. The predicted molar refractivity (Wildman–Crippen MR) is 280 cm³/mol. The van der Waals surface area contributed by atoms with Gasteiger partial charge in [-0.05, 0) is 63.0 Å². The summed E-state index contributed by atoms with van der Waals surface area (Å²) >= 11 is 0. The van der Waals surface area contributed by atoms with Gasteiger partial charge in [-0.1, -0.05) is 24.3 Å². The number of rotatable bonds is 9. The van der Waals surface area contributed by atoms with Gasteiger partial charge in [-0.15, -0.1) is 0 Å². The average Bonchev–Trinajstić information content (AvgIpc) is 4.04. The highest BCUT2D eigenvalue weighted by molar-refractivity contribution is 8.13. The minimum absolute atomic E-state index is 0.0416. The average molecular weight is 1070 g/mol. The van der Waals surface area contributed by atoms with Crippen LogP contribution in [0.2, 0.25) is 0 Å².